The highest BCUT2D eigenvalue weighted by molar-refractivity contribution is 7.99. The Kier molecular flexibility index (Phi) is 5.39. The molecule has 0 spiro atoms. The predicted octanol–water partition coefficient (Wildman–Crippen LogP) is 2.98. The lowest BCUT2D eigenvalue weighted by molar-refractivity contribution is 0.342. The summed E-state index contributed by atoms with van der Waals surface area (Å²) in [6, 6.07) is 13.4. The molecule has 0 amide bonds. The van der Waals surface area contributed by atoms with E-state index in [0.29, 0.717) is 28.9 Å². The van der Waals surface area contributed by atoms with E-state index in [4.69, 9.17) is 15.3 Å². The summed E-state index contributed by atoms with van der Waals surface area (Å²) in [5, 5.41) is 8.61. The van der Waals surface area contributed by atoms with Crippen molar-refractivity contribution in [3.63, 3.8) is 0 Å². The molecule has 0 saturated carbocycles. The number of methoxy groups -OCH3 is 1. The molecule has 2 aromatic carbocycles. The first-order valence-corrected chi connectivity index (χ1v) is 8.52. The maximum absolute atomic E-state index is 13.3. The van der Waals surface area contributed by atoms with E-state index in [2.05, 4.69) is 10.2 Å². The Morgan fingerprint density at radius 2 is 1.88 bits per heavy atom. The smallest absolute Gasteiger partial charge is 0.210 e. The van der Waals surface area contributed by atoms with Gasteiger partial charge in [0.25, 0.3) is 0 Å². The fraction of sp³-hybridized carbons (Fsp3) is 0.176. The van der Waals surface area contributed by atoms with Gasteiger partial charge >= 0.3 is 0 Å². The first-order chi connectivity index (χ1) is 12.2. The van der Waals surface area contributed by atoms with Gasteiger partial charge in [0.1, 0.15) is 17.3 Å². The molecule has 0 fully saturated rings. The molecule has 3 aromatic rings. The van der Waals surface area contributed by atoms with Crippen molar-refractivity contribution in [3.05, 3.63) is 54.3 Å². The van der Waals surface area contributed by atoms with Gasteiger partial charge in [0.2, 0.25) is 5.16 Å². The number of hydrogen-bond acceptors (Lipinski definition) is 6. The zero-order valence-corrected chi connectivity index (χ0v) is 14.4. The topological polar surface area (TPSA) is 75.2 Å². The number of thioether (sulfide) groups is 1. The van der Waals surface area contributed by atoms with Gasteiger partial charge < -0.3 is 15.3 Å². The fourth-order valence-electron chi connectivity index (χ4n) is 2.16. The molecule has 0 aliphatic carbocycles. The molecular weight excluding hydrogens is 343 g/mol. The van der Waals surface area contributed by atoms with Gasteiger partial charge in [-0.25, -0.2) is 9.07 Å². The van der Waals surface area contributed by atoms with Crippen molar-refractivity contribution in [1.82, 2.24) is 14.9 Å². The van der Waals surface area contributed by atoms with Gasteiger partial charge in [-0.1, -0.05) is 23.9 Å². The van der Waals surface area contributed by atoms with Crippen LogP contribution in [0.4, 0.5) is 4.39 Å². The molecule has 25 heavy (non-hydrogen) atoms. The first kappa shape index (κ1) is 17.1. The van der Waals surface area contributed by atoms with E-state index in [-0.39, 0.29) is 5.82 Å². The maximum Gasteiger partial charge on any atom is 0.210 e. The number of aromatic nitrogens is 3. The van der Waals surface area contributed by atoms with Gasteiger partial charge in [-0.15, -0.1) is 10.2 Å². The lowest BCUT2D eigenvalue weighted by Crippen LogP contribution is -2.12. The lowest BCUT2D eigenvalue weighted by atomic mass is 10.2. The molecule has 2 N–H and O–H groups in total. The van der Waals surface area contributed by atoms with Crippen LogP contribution in [-0.4, -0.2) is 34.3 Å². The largest absolute Gasteiger partial charge is 0.497 e. The number of nitrogen functional groups attached to an aromatic ring is 1. The van der Waals surface area contributed by atoms with Crippen molar-refractivity contribution >= 4 is 11.8 Å². The third kappa shape index (κ3) is 4.21. The van der Waals surface area contributed by atoms with Crippen molar-refractivity contribution in [2.24, 2.45) is 0 Å². The van der Waals surface area contributed by atoms with Crippen LogP contribution in [0.5, 0.6) is 11.5 Å². The normalized spacial score (nSPS) is 10.6. The molecular formula is C17H17FN4O2S. The van der Waals surface area contributed by atoms with E-state index < -0.39 is 0 Å². The van der Waals surface area contributed by atoms with Crippen LogP contribution in [0.25, 0.3) is 11.4 Å². The molecule has 0 aliphatic rings. The van der Waals surface area contributed by atoms with Gasteiger partial charge in [0.05, 0.1) is 13.7 Å². The average Bonchev–Trinajstić information content (AvgIpc) is 3.00. The minimum atomic E-state index is -0.345. The van der Waals surface area contributed by atoms with Crippen LogP contribution in [0, 0.1) is 5.82 Å². The zero-order chi connectivity index (χ0) is 17.6. The van der Waals surface area contributed by atoms with Crippen LogP contribution in [-0.2, 0) is 0 Å². The predicted molar refractivity (Wildman–Crippen MR) is 94.8 cm³/mol. The second kappa shape index (κ2) is 7.89. The average molecular weight is 360 g/mol. The molecule has 0 radical (unpaired) electrons. The van der Waals surface area contributed by atoms with Crippen LogP contribution in [0.3, 0.4) is 0 Å². The molecule has 0 atom stereocenters. The molecule has 0 unspecified atom stereocenters. The van der Waals surface area contributed by atoms with Crippen LogP contribution in [0.15, 0.2) is 53.7 Å². The second-order valence-electron chi connectivity index (χ2n) is 5.06. The minimum Gasteiger partial charge on any atom is -0.497 e. The summed E-state index contributed by atoms with van der Waals surface area (Å²) >= 11 is 1.41. The molecule has 130 valence electrons. The Morgan fingerprint density at radius 3 is 2.60 bits per heavy atom. The third-order valence-electron chi connectivity index (χ3n) is 3.39. The third-order valence-corrected chi connectivity index (χ3v) is 4.30. The van der Waals surface area contributed by atoms with Gasteiger partial charge in [0.15, 0.2) is 5.82 Å². The highest BCUT2D eigenvalue weighted by Gasteiger charge is 2.12. The first-order valence-electron chi connectivity index (χ1n) is 7.53. The summed E-state index contributed by atoms with van der Waals surface area (Å²) < 4.78 is 25.4. The van der Waals surface area contributed by atoms with E-state index in [1.54, 1.807) is 19.2 Å². The second-order valence-corrected chi connectivity index (χ2v) is 6.12. The van der Waals surface area contributed by atoms with Gasteiger partial charge in [-0.3, -0.25) is 0 Å². The van der Waals surface area contributed by atoms with E-state index in [1.165, 1.54) is 28.6 Å². The summed E-state index contributed by atoms with van der Waals surface area (Å²) in [4.78, 5) is 0. The van der Waals surface area contributed by atoms with Crippen molar-refractivity contribution in [2.75, 3.05) is 25.3 Å². The van der Waals surface area contributed by atoms with Crippen molar-refractivity contribution < 1.29 is 13.9 Å². The van der Waals surface area contributed by atoms with Crippen LogP contribution in [0.1, 0.15) is 0 Å². The Bertz CT molecular complexity index is 839. The Balaban J connectivity index is 1.55. The summed E-state index contributed by atoms with van der Waals surface area (Å²) in [6.07, 6.45) is 0. The summed E-state index contributed by atoms with van der Waals surface area (Å²) in [6.45, 7) is 0.485. The van der Waals surface area contributed by atoms with Gasteiger partial charge in [0, 0.05) is 11.3 Å². The molecule has 8 heteroatoms. The molecule has 0 aliphatic heterocycles. The highest BCUT2D eigenvalue weighted by atomic mass is 32.2. The quantitative estimate of drug-likeness (QED) is 0.397. The van der Waals surface area contributed by atoms with E-state index in [1.807, 2.05) is 24.3 Å². The monoisotopic (exact) mass is 360 g/mol. The van der Waals surface area contributed by atoms with Crippen LogP contribution in [0.2, 0.25) is 0 Å². The Morgan fingerprint density at radius 1 is 1.12 bits per heavy atom. The van der Waals surface area contributed by atoms with Crippen LogP contribution >= 0.6 is 11.8 Å². The lowest BCUT2D eigenvalue weighted by Gasteiger charge is -2.07. The van der Waals surface area contributed by atoms with Crippen molar-refractivity contribution in [2.45, 2.75) is 5.16 Å². The number of benzene rings is 2. The van der Waals surface area contributed by atoms with E-state index in [0.717, 1.165) is 11.5 Å². The summed E-state index contributed by atoms with van der Waals surface area (Å²) in [7, 11) is 1.62. The fourth-order valence-corrected chi connectivity index (χ4v) is 2.84. The van der Waals surface area contributed by atoms with Crippen molar-refractivity contribution in [3.8, 4) is 22.9 Å². The number of hydrogen-bond donors (Lipinski definition) is 1. The number of halogens is 1. The standard InChI is InChI=1S/C17H17FN4O2S/c1-23-14-5-7-15(8-6-14)24-9-10-25-17-21-20-16(22(17)19)12-3-2-4-13(18)11-12/h2-8,11H,9-10,19H2,1H3. The van der Waals surface area contributed by atoms with Gasteiger partial charge in [-0.05, 0) is 36.4 Å². The molecule has 1 aromatic heterocycles. The van der Waals surface area contributed by atoms with Crippen LogP contribution < -0.4 is 15.3 Å². The van der Waals surface area contributed by atoms with Gasteiger partial charge in [-0.2, -0.15) is 0 Å². The van der Waals surface area contributed by atoms with E-state index in [9.17, 15) is 4.39 Å². The number of ether oxygens (including phenoxy) is 2. The summed E-state index contributed by atoms with van der Waals surface area (Å²) in [5.74, 6) is 8.26. The SMILES string of the molecule is COc1ccc(OCCSc2nnc(-c3cccc(F)c3)n2N)cc1. The molecule has 3 rings (SSSR count). The summed E-state index contributed by atoms with van der Waals surface area (Å²) in [5.41, 5.74) is 0.580. The zero-order valence-electron chi connectivity index (χ0n) is 13.6. The maximum atomic E-state index is 13.3. The Hall–Kier alpha value is -2.74. The highest BCUT2D eigenvalue weighted by Crippen LogP contribution is 2.22. The number of nitrogens with zero attached hydrogens (tertiary/aromatic N) is 3. The Labute approximate surface area is 148 Å². The number of nitrogens with two attached hydrogens (primary N) is 1. The van der Waals surface area contributed by atoms with E-state index >= 15 is 0 Å². The molecule has 1 heterocycles. The number of rotatable bonds is 7. The molecule has 0 bridgehead atoms. The van der Waals surface area contributed by atoms with Crippen molar-refractivity contribution in [1.29, 1.82) is 0 Å². The molecule has 0 saturated heterocycles. The minimum absolute atomic E-state index is 0.345. The molecule has 6 nitrogen and oxygen atoms in total.